The molecule has 0 aliphatic carbocycles. The van der Waals surface area contributed by atoms with Gasteiger partial charge in [-0.2, -0.15) is 8.78 Å². The van der Waals surface area contributed by atoms with Crippen molar-refractivity contribution >= 4 is 11.6 Å². The molecular formula is C11H13F3N2O2. The summed E-state index contributed by atoms with van der Waals surface area (Å²) in [5.41, 5.74) is 5.60. The van der Waals surface area contributed by atoms with E-state index in [4.69, 9.17) is 5.73 Å². The van der Waals surface area contributed by atoms with Gasteiger partial charge in [-0.1, -0.05) is 6.92 Å². The van der Waals surface area contributed by atoms with Crippen molar-refractivity contribution in [3.63, 3.8) is 0 Å². The van der Waals surface area contributed by atoms with Gasteiger partial charge in [0.25, 0.3) is 0 Å². The first-order valence-electron chi connectivity index (χ1n) is 5.24. The first-order valence-corrected chi connectivity index (χ1v) is 5.24. The Balaban J connectivity index is 2.75. The molecule has 1 rings (SSSR count). The molecule has 0 fully saturated rings. The fourth-order valence-corrected chi connectivity index (χ4v) is 1.19. The molecule has 1 atom stereocenters. The quantitative estimate of drug-likeness (QED) is 0.854. The third-order valence-electron chi connectivity index (χ3n) is 2.19. The molecule has 0 radical (unpaired) electrons. The Kier molecular flexibility index (Phi) is 4.96. The Morgan fingerprint density at radius 3 is 2.67 bits per heavy atom. The van der Waals surface area contributed by atoms with Gasteiger partial charge in [0.2, 0.25) is 5.91 Å². The fraction of sp³-hybridized carbons (Fsp3) is 0.364. The van der Waals surface area contributed by atoms with Crippen LogP contribution < -0.4 is 15.8 Å². The van der Waals surface area contributed by atoms with E-state index in [1.165, 1.54) is 6.07 Å². The van der Waals surface area contributed by atoms with E-state index >= 15 is 0 Å². The summed E-state index contributed by atoms with van der Waals surface area (Å²) in [6.45, 7) is -1.38. The summed E-state index contributed by atoms with van der Waals surface area (Å²) in [6.07, 6.45) is 0.431. The maximum atomic E-state index is 13.3. The highest BCUT2D eigenvalue weighted by Gasteiger charge is 2.14. The minimum Gasteiger partial charge on any atom is -0.432 e. The average molecular weight is 262 g/mol. The van der Waals surface area contributed by atoms with Crippen molar-refractivity contribution in [3.8, 4) is 5.75 Å². The zero-order valence-electron chi connectivity index (χ0n) is 9.62. The van der Waals surface area contributed by atoms with Crippen molar-refractivity contribution < 1.29 is 22.7 Å². The van der Waals surface area contributed by atoms with Crippen LogP contribution in [0.2, 0.25) is 0 Å². The van der Waals surface area contributed by atoms with Crippen molar-refractivity contribution in [2.75, 3.05) is 5.32 Å². The van der Waals surface area contributed by atoms with Gasteiger partial charge in [-0.25, -0.2) is 4.39 Å². The summed E-state index contributed by atoms with van der Waals surface area (Å²) >= 11 is 0. The van der Waals surface area contributed by atoms with E-state index in [0.717, 1.165) is 12.1 Å². The standard InChI is InChI=1S/C11H13F3N2O2/c1-2-8(15)10(17)16-6-3-4-9(7(12)5-6)18-11(13)14/h3-5,8,11H,2,15H2,1H3,(H,16,17)/t8-/m1/s1. The lowest BCUT2D eigenvalue weighted by molar-refractivity contribution is -0.117. The number of carbonyl (C=O) groups is 1. The van der Waals surface area contributed by atoms with E-state index < -0.39 is 30.1 Å². The van der Waals surface area contributed by atoms with Crippen molar-refractivity contribution in [1.82, 2.24) is 0 Å². The molecule has 100 valence electrons. The summed E-state index contributed by atoms with van der Waals surface area (Å²) < 4.78 is 41.0. The normalized spacial score (nSPS) is 12.3. The zero-order chi connectivity index (χ0) is 13.7. The van der Waals surface area contributed by atoms with Crippen LogP contribution in [-0.2, 0) is 4.79 Å². The fourth-order valence-electron chi connectivity index (χ4n) is 1.19. The number of nitrogens with one attached hydrogen (secondary N) is 1. The number of hydrogen-bond donors (Lipinski definition) is 2. The number of ether oxygens (including phenoxy) is 1. The number of amides is 1. The molecule has 4 nitrogen and oxygen atoms in total. The van der Waals surface area contributed by atoms with Gasteiger partial charge in [0.1, 0.15) is 0 Å². The molecule has 1 aromatic carbocycles. The summed E-state index contributed by atoms with van der Waals surface area (Å²) in [7, 11) is 0. The molecule has 0 saturated carbocycles. The van der Waals surface area contributed by atoms with Gasteiger partial charge in [-0.15, -0.1) is 0 Å². The van der Waals surface area contributed by atoms with E-state index in [2.05, 4.69) is 10.1 Å². The van der Waals surface area contributed by atoms with Crippen LogP contribution >= 0.6 is 0 Å². The molecule has 0 bridgehead atoms. The van der Waals surface area contributed by atoms with Crippen LogP contribution in [0.15, 0.2) is 18.2 Å². The van der Waals surface area contributed by atoms with E-state index in [9.17, 15) is 18.0 Å². The van der Waals surface area contributed by atoms with Gasteiger partial charge in [0.15, 0.2) is 11.6 Å². The largest absolute Gasteiger partial charge is 0.432 e. The molecule has 0 spiro atoms. The van der Waals surface area contributed by atoms with E-state index in [-0.39, 0.29) is 5.69 Å². The molecule has 7 heteroatoms. The van der Waals surface area contributed by atoms with Crippen molar-refractivity contribution in [1.29, 1.82) is 0 Å². The highest BCUT2D eigenvalue weighted by atomic mass is 19.3. The molecule has 0 aliphatic rings. The Morgan fingerprint density at radius 1 is 1.50 bits per heavy atom. The number of hydrogen-bond acceptors (Lipinski definition) is 3. The van der Waals surface area contributed by atoms with Crippen molar-refractivity contribution in [2.24, 2.45) is 5.73 Å². The van der Waals surface area contributed by atoms with Gasteiger partial charge in [-0.3, -0.25) is 4.79 Å². The summed E-state index contributed by atoms with van der Waals surface area (Å²) in [5.74, 6) is -2.04. The smallest absolute Gasteiger partial charge is 0.387 e. The predicted octanol–water partition coefficient (Wildman–Crippen LogP) is 2.10. The van der Waals surface area contributed by atoms with Gasteiger partial charge >= 0.3 is 6.61 Å². The Labute approximate surface area is 102 Å². The first kappa shape index (κ1) is 14.3. The van der Waals surface area contributed by atoms with Gasteiger partial charge in [0.05, 0.1) is 6.04 Å². The van der Waals surface area contributed by atoms with Gasteiger partial charge < -0.3 is 15.8 Å². The number of carbonyl (C=O) groups excluding carboxylic acids is 1. The SMILES string of the molecule is CC[C@@H](N)C(=O)Nc1ccc(OC(F)F)c(F)c1. The predicted molar refractivity (Wildman–Crippen MR) is 59.9 cm³/mol. The van der Waals surface area contributed by atoms with Crippen molar-refractivity contribution in [2.45, 2.75) is 26.0 Å². The highest BCUT2D eigenvalue weighted by Crippen LogP contribution is 2.22. The van der Waals surface area contributed by atoms with Gasteiger partial charge in [0, 0.05) is 11.8 Å². The van der Waals surface area contributed by atoms with Crippen LogP contribution in [0.4, 0.5) is 18.9 Å². The monoisotopic (exact) mass is 262 g/mol. The molecular weight excluding hydrogens is 249 g/mol. The number of anilines is 1. The maximum Gasteiger partial charge on any atom is 0.387 e. The second kappa shape index (κ2) is 6.25. The van der Waals surface area contributed by atoms with E-state index in [1.54, 1.807) is 6.92 Å². The lowest BCUT2D eigenvalue weighted by Crippen LogP contribution is -2.34. The topological polar surface area (TPSA) is 64.4 Å². The minimum absolute atomic E-state index is 0.128. The number of alkyl halides is 2. The molecule has 0 unspecified atom stereocenters. The maximum absolute atomic E-state index is 13.3. The number of nitrogens with two attached hydrogens (primary N) is 1. The van der Waals surface area contributed by atoms with Gasteiger partial charge in [-0.05, 0) is 18.6 Å². The molecule has 1 amide bonds. The lowest BCUT2D eigenvalue weighted by atomic mass is 10.2. The number of benzene rings is 1. The molecule has 3 N–H and O–H groups in total. The van der Waals surface area contributed by atoms with Crippen LogP contribution in [0.3, 0.4) is 0 Å². The van der Waals surface area contributed by atoms with Crippen LogP contribution in [0.1, 0.15) is 13.3 Å². The number of halogens is 3. The second-order valence-corrected chi connectivity index (χ2v) is 3.53. The third kappa shape index (κ3) is 3.92. The van der Waals surface area contributed by atoms with Crippen LogP contribution in [0.25, 0.3) is 0 Å². The highest BCUT2D eigenvalue weighted by molar-refractivity contribution is 5.94. The van der Waals surface area contributed by atoms with E-state index in [1.807, 2.05) is 0 Å². The summed E-state index contributed by atoms with van der Waals surface area (Å²) in [5, 5.41) is 2.37. The molecule has 1 aromatic rings. The van der Waals surface area contributed by atoms with Crippen molar-refractivity contribution in [3.05, 3.63) is 24.0 Å². The first-order chi connectivity index (χ1) is 8.43. The molecule has 0 aliphatic heterocycles. The number of rotatable bonds is 5. The summed E-state index contributed by atoms with van der Waals surface area (Å²) in [6, 6.07) is 2.44. The lowest BCUT2D eigenvalue weighted by Gasteiger charge is -2.11. The molecule has 0 aromatic heterocycles. The molecule has 0 heterocycles. The average Bonchev–Trinajstić information content (AvgIpc) is 2.31. The Bertz CT molecular complexity index is 427. The van der Waals surface area contributed by atoms with Crippen LogP contribution in [-0.4, -0.2) is 18.6 Å². The third-order valence-corrected chi connectivity index (χ3v) is 2.19. The Hall–Kier alpha value is -1.76. The molecule has 0 saturated heterocycles. The van der Waals surface area contributed by atoms with E-state index in [0.29, 0.717) is 6.42 Å². The second-order valence-electron chi connectivity index (χ2n) is 3.53. The molecule has 18 heavy (non-hydrogen) atoms. The summed E-state index contributed by atoms with van der Waals surface area (Å²) in [4.78, 5) is 11.4. The van der Waals surface area contributed by atoms with Crippen LogP contribution in [0.5, 0.6) is 5.75 Å². The van der Waals surface area contributed by atoms with Crippen LogP contribution in [0, 0.1) is 5.82 Å². The zero-order valence-corrected chi connectivity index (χ0v) is 9.62. The Morgan fingerprint density at radius 2 is 2.17 bits per heavy atom. The minimum atomic E-state index is -3.10.